The summed E-state index contributed by atoms with van der Waals surface area (Å²) in [7, 11) is 3.30. The standard InChI is InChI=1S/C24H25N3O4S/c1-29-19-4-3-5-20(30-2)22(19)32-26-23-17-11-24(8-9-24)18-7-6-14(27-12-15(28)13-27)10-16(18)21(17)31-25-23/h3-7,10,15,28H,8-9,11-13H2,1-2H3,(H,25,26). The molecule has 6 rings (SSSR count). The van der Waals surface area contributed by atoms with E-state index in [-0.39, 0.29) is 11.5 Å². The molecule has 2 fully saturated rings. The van der Waals surface area contributed by atoms with E-state index in [1.165, 1.54) is 30.4 Å². The first-order chi connectivity index (χ1) is 15.6. The highest BCUT2D eigenvalue weighted by Crippen LogP contribution is 2.59. The van der Waals surface area contributed by atoms with Gasteiger partial charge in [0.2, 0.25) is 0 Å². The Labute approximate surface area is 190 Å². The molecule has 0 bridgehead atoms. The van der Waals surface area contributed by atoms with Gasteiger partial charge < -0.3 is 28.7 Å². The molecule has 2 aliphatic carbocycles. The average molecular weight is 452 g/mol. The van der Waals surface area contributed by atoms with E-state index in [9.17, 15) is 5.11 Å². The molecule has 1 saturated heterocycles. The first-order valence-electron chi connectivity index (χ1n) is 10.8. The van der Waals surface area contributed by atoms with Crippen molar-refractivity contribution in [3.63, 3.8) is 0 Å². The largest absolute Gasteiger partial charge is 0.495 e. The minimum absolute atomic E-state index is 0.185. The Morgan fingerprint density at radius 2 is 1.91 bits per heavy atom. The highest BCUT2D eigenvalue weighted by molar-refractivity contribution is 8.00. The first-order valence-corrected chi connectivity index (χ1v) is 11.6. The van der Waals surface area contributed by atoms with E-state index in [1.54, 1.807) is 14.2 Å². The second-order valence-electron chi connectivity index (χ2n) is 8.78. The Hall–Kier alpha value is -2.84. The SMILES string of the molecule is COc1cccc(OC)c1SNc1noc2c1CC1(CC1)c1ccc(N3CC(O)C3)cc1-2. The molecule has 1 spiro atoms. The summed E-state index contributed by atoms with van der Waals surface area (Å²) in [6, 6.07) is 12.3. The molecular weight excluding hydrogens is 426 g/mol. The third kappa shape index (κ3) is 3.04. The molecule has 3 aliphatic rings. The number of aliphatic hydroxyl groups excluding tert-OH is 1. The lowest BCUT2D eigenvalue weighted by Crippen LogP contribution is -2.50. The Morgan fingerprint density at radius 1 is 1.16 bits per heavy atom. The predicted octanol–water partition coefficient (Wildman–Crippen LogP) is 4.25. The summed E-state index contributed by atoms with van der Waals surface area (Å²) in [5, 5.41) is 14.1. The summed E-state index contributed by atoms with van der Waals surface area (Å²) < 4.78 is 20.3. The van der Waals surface area contributed by atoms with E-state index < -0.39 is 0 Å². The topological polar surface area (TPSA) is 80.0 Å². The second kappa shape index (κ2) is 7.35. The minimum atomic E-state index is -0.235. The van der Waals surface area contributed by atoms with E-state index in [0.29, 0.717) is 13.1 Å². The van der Waals surface area contributed by atoms with Gasteiger partial charge in [0.05, 0.1) is 20.3 Å². The molecule has 1 aliphatic heterocycles. The summed E-state index contributed by atoms with van der Waals surface area (Å²) in [5.41, 5.74) is 4.91. The summed E-state index contributed by atoms with van der Waals surface area (Å²) in [6.07, 6.45) is 3.05. The number of hydrogen-bond acceptors (Lipinski definition) is 8. The van der Waals surface area contributed by atoms with Crippen molar-refractivity contribution in [2.75, 3.05) is 36.9 Å². The maximum atomic E-state index is 9.70. The van der Waals surface area contributed by atoms with Gasteiger partial charge >= 0.3 is 0 Å². The minimum Gasteiger partial charge on any atom is -0.495 e. The summed E-state index contributed by atoms with van der Waals surface area (Å²) in [4.78, 5) is 3.06. The Bertz CT molecular complexity index is 1160. The van der Waals surface area contributed by atoms with Crippen LogP contribution in [0.3, 0.4) is 0 Å². The van der Waals surface area contributed by atoms with Crippen molar-refractivity contribution in [1.29, 1.82) is 0 Å². The molecule has 166 valence electrons. The fourth-order valence-electron chi connectivity index (χ4n) is 4.86. The van der Waals surface area contributed by atoms with Gasteiger partial charge in [-0.1, -0.05) is 17.3 Å². The number of ether oxygens (including phenoxy) is 2. The lowest BCUT2D eigenvalue weighted by atomic mass is 9.79. The maximum Gasteiger partial charge on any atom is 0.183 e. The number of nitrogens with one attached hydrogen (secondary N) is 1. The molecule has 7 nitrogen and oxygen atoms in total. The van der Waals surface area contributed by atoms with E-state index in [2.05, 4.69) is 33.0 Å². The number of hydrogen-bond donors (Lipinski definition) is 2. The molecule has 8 heteroatoms. The molecule has 1 saturated carbocycles. The number of methoxy groups -OCH3 is 2. The van der Waals surface area contributed by atoms with Crippen LogP contribution in [0.4, 0.5) is 11.5 Å². The fraction of sp³-hybridized carbons (Fsp3) is 0.375. The molecule has 0 radical (unpaired) electrons. The highest BCUT2D eigenvalue weighted by Gasteiger charge is 2.50. The molecular formula is C24H25N3O4S. The molecule has 2 aromatic carbocycles. The van der Waals surface area contributed by atoms with Crippen molar-refractivity contribution >= 4 is 23.5 Å². The second-order valence-corrected chi connectivity index (χ2v) is 9.60. The third-order valence-corrected chi connectivity index (χ3v) is 7.74. The Kier molecular flexibility index (Phi) is 4.55. The van der Waals surface area contributed by atoms with Crippen LogP contribution in [0.5, 0.6) is 11.5 Å². The van der Waals surface area contributed by atoms with Crippen LogP contribution in [0.1, 0.15) is 24.0 Å². The van der Waals surface area contributed by atoms with Gasteiger partial charge in [-0.3, -0.25) is 0 Å². The van der Waals surface area contributed by atoms with Crippen molar-refractivity contribution in [1.82, 2.24) is 5.16 Å². The van der Waals surface area contributed by atoms with Crippen LogP contribution in [-0.4, -0.2) is 43.7 Å². The highest BCUT2D eigenvalue weighted by atomic mass is 32.2. The van der Waals surface area contributed by atoms with Gasteiger partial charge in [-0.25, -0.2) is 0 Å². The van der Waals surface area contributed by atoms with Crippen LogP contribution < -0.4 is 19.1 Å². The van der Waals surface area contributed by atoms with E-state index in [0.717, 1.165) is 51.2 Å². The molecule has 32 heavy (non-hydrogen) atoms. The monoisotopic (exact) mass is 451 g/mol. The molecule has 0 amide bonds. The summed E-state index contributed by atoms with van der Waals surface area (Å²) >= 11 is 1.42. The number of anilines is 2. The van der Waals surface area contributed by atoms with Gasteiger partial charge in [0.15, 0.2) is 11.6 Å². The average Bonchev–Trinajstić information content (AvgIpc) is 3.45. The molecule has 0 unspecified atom stereocenters. The zero-order chi connectivity index (χ0) is 21.9. The van der Waals surface area contributed by atoms with Gasteiger partial charge in [-0.2, -0.15) is 0 Å². The number of fused-ring (bicyclic) bond motifs is 4. The van der Waals surface area contributed by atoms with Crippen LogP contribution in [0, 0.1) is 0 Å². The summed E-state index contributed by atoms with van der Waals surface area (Å²) in [6.45, 7) is 1.36. The van der Waals surface area contributed by atoms with Gasteiger partial charge in [0, 0.05) is 35.3 Å². The van der Waals surface area contributed by atoms with Crippen molar-refractivity contribution in [3.05, 3.63) is 47.5 Å². The van der Waals surface area contributed by atoms with Crippen molar-refractivity contribution < 1.29 is 19.1 Å². The lowest BCUT2D eigenvalue weighted by molar-refractivity contribution is 0.142. The van der Waals surface area contributed by atoms with Crippen LogP contribution in [-0.2, 0) is 11.8 Å². The van der Waals surface area contributed by atoms with Crippen LogP contribution in [0.2, 0.25) is 0 Å². The summed E-state index contributed by atoms with van der Waals surface area (Å²) in [5.74, 6) is 3.07. The zero-order valence-electron chi connectivity index (χ0n) is 18.1. The number of nitrogens with zero attached hydrogens (tertiary/aromatic N) is 2. The Balaban J connectivity index is 1.33. The lowest BCUT2D eigenvalue weighted by Gasteiger charge is -2.38. The molecule has 2 heterocycles. The number of β-amino-alcohol motifs (C(OH)–C–C–N with tert-alkyl or cyclic N) is 1. The van der Waals surface area contributed by atoms with Crippen molar-refractivity contribution in [3.8, 4) is 22.8 Å². The maximum absolute atomic E-state index is 9.70. The number of aromatic nitrogens is 1. The number of rotatable bonds is 6. The molecule has 1 aromatic heterocycles. The first kappa shape index (κ1) is 19.8. The van der Waals surface area contributed by atoms with E-state index in [4.69, 9.17) is 14.0 Å². The van der Waals surface area contributed by atoms with Crippen LogP contribution in [0.15, 0.2) is 45.8 Å². The van der Waals surface area contributed by atoms with Gasteiger partial charge in [-0.15, -0.1) is 0 Å². The van der Waals surface area contributed by atoms with Crippen LogP contribution >= 0.6 is 11.9 Å². The van der Waals surface area contributed by atoms with Gasteiger partial charge in [0.1, 0.15) is 16.4 Å². The predicted molar refractivity (Wildman–Crippen MR) is 124 cm³/mol. The smallest absolute Gasteiger partial charge is 0.183 e. The van der Waals surface area contributed by atoms with Crippen LogP contribution in [0.25, 0.3) is 11.3 Å². The Morgan fingerprint density at radius 3 is 2.56 bits per heavy atom. The normalized spacial score (nSPS) is 18.0. The third-order valence-electron chi connectivity index (χ3n) is 6.84. The van der Waals surface area contributed by atoms with Crippen molar-refractivity contribution in [2.45, 2.75) is 35.7 Å². The fourth-order valence-corrected chi connectivity index (χ4v) is 5.72. The van der Waals surface area contributed by atoms with Crippen molar-refractivity contribution in [2.24, 2.45) is 0 Å². The van der Waals surface area contributed by atoms with Gasteiger partial charge in [-0.05, 0) is 61.0 Å². The number of benzene rings is 2. The molecule has 0 atom stereocenters. The quantitative estimate of drug-likeness (QED) is 0.539. The van der Waals surface area contributed by atoms with Gasteiger partial charge in [0.25, 0.3) is 0 Å². The van der Waals surface area contributed by atoms with E-state index in [1.807, 2.05) is 18.2 Å². The van der Waals surface area contributed by atoms with E-state index >= 15 is 0 Å². The zero-order valence-corrected chi connectivity index (χ0v) is 18.9. The molecule has 2 N–H and O–H groups in total. The number of aliphatic hydroxyl groups is 1. The molecule has 3 aromatic rings.